The van der Waals surface area contributed by atoms with Crippen molar-refractivity contribution in [3.05, 3.63) is 35.9 Å². The first-order valence-electron chi connectivity index (χ1n) is 5.32. The lowest BCUT2D eigenvalue weighted by Gasteiger charge is -2.22. The van der Waals surface area contributed by atoms with Gasteiger partial charge in [0.05, 0.1) is 0 Å². The molecule has 0 aliphatic heterocycles. The van der Waals surface area contributed by atoms with Crippen molar-refractivity contribution in [1.82, 2.24) is 0 Å². The first kappa shape index (κ1) is 13.2. The normalized spacial score (nSPS) is 12.9. The van der Waals surface area contributed by atoms with Gasteiger partial charge >= 0.3 is 11.9 Å². The van der Waals surface area contributed by atoms with Crippen LogP contribution in [-0.2, 0) is 14.3 Å². The molecule has 0 bridgehead atoms. The van der Waals surface area contributed by atoms with E-state index in [4.69, 9.17) is 9.84 Å². The van der Waals surface area contributed by atoms with E-state index in [1.807, 2.05) is 0 Å². The van der Waals surface area contributed by atoms with Crippen LogP contribution in [-0.4, -0.2) is 22.6 Å². The molecule has 1 rings (SSSR count). The quantitative estimate of drug-likeness (QED) is 0.645. The van der Waals surface area contributed by atoms with E-state index in [2.05, 4.69) is 0 Å². The molecule has 1 aromatic carbocycles. The Bertz CT molecular complexity index is 403. The Balaban J connectivity index is 2.96. The Morgan fingerprint density at radius 2 is 1.71 bits per heavy atom. The average molecular weight is 236 g/mol. The molecule has 0 aliphatic carbocycles. The van der Waals surface area contributed by atoms with E-state index >= 15 is 0 Å². The molecule has 0 spiro atoms. The Kier molecular flexibility index (Phi) is 3.89. The molecule has 4 heteroatoms. The van der Waals surface area contributed by atoms with Crippen molar-refractivity contribution in [2.24, 2.45) is 0 Å². The third-order valence-electron chi connectivity index (χ3n) is 2.02. The second-order valence-electron chi connectivity index (χ2n) is 4.72. The molecule has 0 radical (unpaired) electrons. The Morgan fingerprint density at radius 3 is 2.12 bits per heavy atom. The number of aliphatic carboxylic acids is 1. The number of carbonyl (C=O) groups is 2. The van der Waals surface area contributed by atoms with Crippen LogP contribution in [0.3, 0.4) is 0 Å². The smallest absolute Gasteiger partial charge is 0.325 e. The predicted octanol–water partition coefficient (Wildman–Crippen LogP) is 2.20. The van der Waals surface area contributed by atoms with Crippen molar-refractivity contribution in [3.8, 4) is 0 Å². The Morgan fingerprint density at radius 1 is 1.18 bits per heavy atom. The van der Waals surface area contributed by atoms with Crippen LogP contribution in [0.2, 0.25) is 0 Å². The van der Waals surface area contributed by atoms with Crippen LogP contribution in [0.4, 0.5) is 0 Å². The summed E-state index contributed by atoms with van der Waals surface area (Å²) in [7, 11) is 0. The zero-order chi connectivity index (χ0) is 13.1. The second-order valence-corrected chi connectivity index (χ2v) is 4.72. The molecular formula is C13H16O4. The maximum Gasteiger partial charge on any atom is 0.325 e. The number of carbonyl (C=O) groups excluding carboxylic acids is 1. The SMILES string of the molecule is CC(C)(C)OC(=O)[C@@H](C(=O)O)c1ccccc1. The van der Waals surface area contributed by atoms with Crippen molar-refractivity contribution in [1.29, 1.82) is 0 Å². The van der Waals surface area contributed by atoms with Gasteiger partial charge in [0.1, 0.15) is 5.60 Å². The molecule has 0 saturated heterocycles. The summed E-state index contributed by atoms with van der Waals surface area (Å²) >= 11 is 0. The van der Waals surface area contributed by atoms with Crippen molar-refractivity contribution < 1.29 is 19.4 Å². The molecule has 1 aromatic rings. The van der Waals surface area contributed by atoms with Gasteiger partial charge in [-0.05, 0) is 26.3 Å². The molecule has 0 unspecified atom stereocenters. The fourth-order valence-corrected chi connectivity index (χ4v) is 1.39. The first-order chi connectivity index (χ1) is 7.81. The van der Waals surface area contributed by atoms with Gasteiger partial charge < -0.3 is 9.84 Å². The fourth-order valence-electron chi connectivity index (χ4n) is 1.39. The molecule has 1 N–H and O–H groups in total. The molecular weight excluding hydrogens is 220 g/mol. The molecule has 0 saturated carbocycles. The number of benzene rings is 1. The molecule has 0 aliphatic rings. The Hall–Kier alpha value is -1.84. The molecule has 4 nitrogen and oxygen atoms in total. The van der Waals surface area contributed by atoms with Crippen molar-refractivity contribution in [2.45, 2.75) is 32.3 Å². The van der Waals surface area contributed by atoms with Crippen LogP contribution in [0.1, 0.15) is 32.3 Å². The number of carboxylic acid groups (broad SMARTS) is 1. The highest BCUT2D eigenvalue weighted by molar-refractivity contribution is 6.00. The highest BCUT2D eigenvalue weighted by atomic mass is 16.6. The number of rotatable bonds is 3. The van der Waals surface area contributed by atoms with E-state index in [9.17, 15) is 9.59 Å². The number of hydrogen-bond donors (Lipinski definition) is 1. The van der Waals surface area contributed by atoms with Gasteiger partial charge in [-0.1, -0.05) is 30.3 Å². The number of carboxylic acids is 1. The number of ether oxygens (including phenoxy) is 1. The van der Waals surface area contributed by atoms with Gasteiger partial charge in [0.25, 0.3) is 0 Å². The topological polar surface area (TPSA) is 63.6 Å². The summed E-state index contributed by atoms with van der Waals surface area (Å²) in [6.07, 6.45) is 0. The predicted molar refractivity (Wildman–Crippen MR) is 62.7 cm³/mol. The van der Waals surface area contributed by atoms with Crippen LogP contribution in [0.5, 0.6) is 0 Å². The van der Waals surface area contributed by atoms with Crippen LogP contribution in [0.15, 0.2) is 30.3 Å². The molecule has 0 amide bonds. The molecule has 0 heterocycles. The number of hydrogen-bond acceptors (Lipinski definition) is 3. The van der Waals surface area contributed by atoms with Crippen molar-refractivity contribution in [2.75, 3.05) is 0 Å². The highest BCUT2D eigenvalue weighted by Crippen LogP contribution is 2.20. The van der Waals surface area contributed by atoms with E-state index in [-0.39, 0.29) is 0 Å². The fraction of sp³-hybridized carbons (Fsp3) is 0.385. The van der Waals surface area contributed by atoms with E-state index in [1.54, 1.807) is 51.1 Å². The minimum atomic E-state index is -1.27. The van der Waals surface area contributed by atoms with E-state index in [0.717, 1.165) is 0 Å². The van der Waals surface area contributed by atoms with Gasteiger partial charge in [-0.3, -0.25) is 9.59 Å². The second kappa shape index (κ2) is 4.99. The lowest BCUT2D eigenvalue weighted by Crippen LogP contribution is -2.31. The van der Waals surface area contributed by atoms with Crippen LogP contribution in [0, 0.1) is 0 Å². The number of esters is 1. The van der Waals surface area contributed by atoms with Gasteiger partial charge in [-0.15, -0.1) is 0 Å². The summed E-state index contributed by atoms with van der Waals surface area (Å²) in [5.41, 5.74) is -0.270. The van der Waals surface area contributed by atoms with Gasteiger partial charge in [0.15, 0.2) is 5.92 Å². The molecule has 1 atom stereocenters. The zero-order valence-corrected chi connectivity index (χ0v) is 10.1. The molecule has 0 aromatic heterocycles. The summed E-state index contributed by atoms with van der Waals surface area (Å²) in [6.45, 7) is 5.11. The van der Waals surface area contributed by atoms with Gasteiger partial charge in [-0.25, -0.2) is 0 Å². The molecule has 0 fully saturated rings. The summed E-state index contributed by atoms with van der Waals surface area (Å²) in [6, 6.07) is 8.34. The van der Waals surface area contributed by atoms with E-state index < -0.39 is 23.5 Å². The third-order valence-corrected chi connectivity index (χ3v) is 2.02. The summed E-state index contributed by atoms with van der Waals surface area (Å²) in [5.74, 6) is -3.21. The van der Waals surface area contributed by atoms with Crippen LogP contribution >= 0.6 is 0 Å². The lowest BCUT2D eigenvalue weighted by atomic mass is 9.99. The van der Waals surface area contributed by atoms with E-state index in [0.29, 0.717) is 5.56 Å². The Labute approximate surface area is 100 Å². The summed E-state index contributed by atoms with van der Waals surface area (Å²) < 4.78 is 5.10. The standard InChI is InChI=1S/C13H16O4/c1-13(2,3)17-12(16)10(11(14)15)9-7-5-4-6-8-9/h4-8,10H,1-3H3,(H,14,15)/t10-/m1/s1. The minimum absolute atomic E-state index is 0.425. The van der Waals surface area contributed by atoms with Crippen LogP contribution in [0.25, 0.3) is 0 Å². The minimum Gasteiger partial charge on any atom is -0.480 e. The van der Waals surface area contributed by atoms with Crippen molar-refractivity contribution >= 4 is 11.9 Å². The largest absolute Gasteiger partial charge is 0.480 e. The average Bonchev–Trinajstić information content (AvgIpc) is 2.15. The van der Waals surface area contributed by atoms with Gasteiger partial charge in [-0.2, -0.15) is 0 Å². The lowest BCUT2D eigenvalue weighted by molar-refractivity contribution is -0.162. The first-order valence-corrected chi connectivity index (χ1v) is 5.32. The molecule has 92 valence electrons. The summed E-state index contributed by atoms with van der Waals surface area (Å²) in [4.78, 5) is 22.9. The zero-order valence-electron chi connectivity index (χ0n) is 10.1. The monoisotopic (exact) mass is 236 g/mol. The van der Waals surface area contributed by atoms with E-state index in [1.165, 1.54) is 0 Å². The van der Waals surface area contributed by atoms with Gasteiger partial charge in [0.2, 0.25) is 0 Å². The molecule has 17 heavy (non-hydrogen) atoms. The third kappa shape index (κ3) is 3.90. The maximum absolute atomic E-state index is 11.8. The highest BCUT2D eigenvalue weighted by Gasteiger charge is 2.32. The summed E-state index contributed by atoms with van der Waals surface area (Å²) in [5, 5.41) is 9.09. The van der Waals surface area contributed by atoms with Crippen LogP contribution < -0.4 is 0 Å². The van der Waals surface area contributed by atoms with Crippen molar-refractivity contribution in [3.63, 3.8) is 0 Å². The maximum atomic E-state index is 11.8. The van der Waals surface area contributed by atoms with Gasteiger partial charge in [0, 0.05) is 0 Å².